The number of nitrogens with one attached hydrogen (secondary N) is 1. The monoisotopic (exact) mass is 261 g/mol. The van der Waals surface area contributed by atoms with E-state index in [4.69, 9.17) is 11.6 Å². The van der Waals surface area contributed by atoms with Gasteiger partial charge in [0, 0.05) is 18.2 Å². The van der Waals surface area contributed by atoms with Crippen LogP contribution in [0.25, 0.3) is 0 Å². The molecule has 0 saturated carbocycles. The van der Waals surface area contributed by atoms with Crippen LogP contribution in [-0.4, -0.2) is 5.11 Å². The summed E-state index contributed by atoms with van der Waals surface area (Å²) in [5.74, 6) is 0.159. The number of rotatable bonds is 4. The Morgan fingerprint density at radius 3 is 2.56 bits per heavy atom. The van der Waals surface area contributed by atoms with E-state index in [1.54, 1.807) is 6.07 Å². The molecule has 2 nitrogen and oxygen atoms in total. The van der Waals surface area contributed by atoms with Gasteiger partial charge in [-0.2, -0.15) is 0 Å². The highest BCUT2D eigenvalue weighted by molar-refractivity contribution is 6.32. The zero-order valence-corrected chi connectivity index (χ0v) is 11.0. The molecular weight excluding hydrogens is 246 g/mol. The maximum atomic E-state index is 9.81. The van der Waals surface area contributed by atoms with Gasteiger partial charge >= 0.3 is 0 Å². The number of para-hydroxylation sites is 1. The number of phenolic OH excluding ortho intramolecular Hbond substituents is 1. The second-order valence-electron chi connectivity index (χ2n) is 4.26. The summed E-state index contributed by atoms with van der Waals surface area (Å²) in [6.07, 6.45) is 0. The summed E-state index contributed by atoms with van der Waals surface area (Å²) < 4.78 is 0. The lowest BCUT2D eigenvalue weighted by atomic mass is 10.1. The fourth-order valence-electron chi connectivity index (χ4n) is 1.83. The first-order chi connectivity index (χ1) is 8.68. The maximum Gasteiger partial charge on any atom is 0.138 e. The van der Waals surface area contributed by atoms with Crippen molar-refractivity contribution in [3.63, 3.8) is 0 Å². The second-order valence-corrected chi connectivity index (χ2v) is 4.67. The summed E-state index contributed by atoms with van der Waals surface area (Å²) in [7, 11) is 0. The Balaban J connectivity index is 2.02. The van der Waals surface area contributed by atoms with Gasteiger partial charge in [0.1, 0.15) is 5.75 Å². The molecule has 0 aromatic heterocycles. The summed E-state index contributed by atoms with van der Waals surface area (Å²) >= 11 is 5.87. The normalized spacial score (nSPS) is 12.3. The van der Waals surface area contributed by atoms with Crippen LogP contribution in [-0.2, 0) is 6.54 Å². The third-order valence-corrected chi connectivity index (χ3v) is 3.27. The van der Waals surface area contributed by atoms with Crippen molar-refractivity contribution in [3.05, 3.63) is 64.7 Å². The molecule has 0 amide bonds. The fraction of sp³-hybridized carbons (Fsp3) is 0.200. The zero-order chi connectivity index (χ0) is 13.0. The SMILES string of the molecule is CC(NCc1cccc(Cl)c1O)c1ccccc1. The molecule has 2 N–H and O–H groups in total. The van der Waals surface area contributed by atoms with Gasteiger partial charge in [-0.1, -0.05) is 54.1 Å². The fourth-order valence-corrected chi connectivity index (χ4v) is 2.02. The van der Waals surface area contributed by atoms with E-state index in [0.717, 1.165) is 5.56 Å². The molecule has 94 valence electrons. The van der Waals surface area contributed by atoms with Crippen molar-refractivity contribution in [3.8, 4) is 5.75 Å². The van der Waals surface area contributed by atoms with Gasteiger partial charge in [0.25, 0.3) is 0 Å². The van der Waals surface area contributed by atoms with Crippen LogP contribution in [0, 0.1) is 0 Å². The minimum Gasteiger partial charge on any atom is -0.506 e. The van der Waals surface area contributed by atoms with E-state index >= 15 is 0 Å². The van der Waals surface area contributed by atoms with Crippen molar-refractivity contribution in [1.29, 1.82) is 0 Å². The van der Waals surface area contributed by atoms with Gasteiger partial charge in [-0.3, -0.25) is 0 Å². The standard InChI is InChI=1S/C15H16ClNO/c1-11(12-6-3-2-4-7-12)17-10-13-8-5-9-14(16)15(13)18/h2-9,11,17-18H,10H2,1H3. The van der Waals surface area contributed by atoms with Crippen LogP contribution in [0.1, 0.15) is 24.1 Å². The van der Waals surface area contributed by atoms with Crippen molar-refractivity contribution in [1.82, 2.24) is 5.32 Å². The molecule has 0 radical (unpaired) electrons. The van der Waals surface area contributed by atoms with E-state index in [-0.39, 0.29) is 11.8 Å². The summed E-state index contributed by atoms with van der Waals surface area (Å²) in [6.45, 7) is 2.68. The summed E-state index contributed by atoms with van der Waals surface area (Å²) in [5, 5.41) is 13.6. The lowest BCUT2D eigenvalue weighted by Crippen LogP contribution is -2.18. The van der Waals surface area contributed by atoms with Crippen molar-refractivity contribution < 1.29 is 5.11 Å². The minimum atomic E-state index is 0.159. The van der Waals surface area contributed by atoms with Crippen molar-refractivity contribution >= 4 is 11.6 Å². The van der Waals surface area contributed by atoms with E-state index < -0.39 is 0 Å². The molecule has 1 atom stereocenters. The molecule has 0 aliphatic heterocycles. The molecule has 1 unspecified atom stereocenters. The Kier molecular flexibility index (Phi) is 4.24. The van der Waals surface area contributed by atoms with Gasteiger partial charge in [0.2, 0.25) is 0 Å². The maximum absolute atomic E-state index is 9.81. The van der Waals surface area contributed by atoms with Crippen LogP contribution < -0.4 is 5.32 Å². The third kappa shape index (κ3) is 3.03. The van der Waals surface area contributed by atoms with Gasteiger partial charge in [-0.15, -0.1) is 0 Å². The predicted molar refractivity (Wildman–Crippen MR) is 74.8 cm³/mol. The number of halogens is 1. The minimum absolute atomic E-state index is 0.159. The highest BCUT2D eigenvalue weighted by atomic mass is 35.5. The quantitative estimate of drug-likeness (QED) is 0.875. The number of hydrogen-bond acceptors (Lipinski definition) is 2. The summed E-state index contributed by atoms with van der Waals surface area (Å²) in [4.78, 5) is 0. The van der Waals surface area contributed by atoms with Crippen LogP contribution in [0.3, 0.4) is 0 Å². The van der Waals surface area contributed by atoms with Crippen LogP contribution >= 0.6 is 11.6 Å². The van der Waals surface area contributed by atoms with E-state index in [1.807, 2.05) is 30.3 Å². The average Bonchev–Trinajstić information content (AvgIpc) is 2.41. The molecule has 0 fully saturated rings. The van der Waals surface area contributed by atoms with Crippen molar-refractivity contribution in [2.75, 3.05) is 0 Å². The van der Waals surface area contributed by atoms with Gasteiger partial charge in [-0.25, -0.2) is 0 Å². The van der Waals surface area contributed by atoms with Crippen LogP contribution in [0.2, 0.25) is 5.02 Å². The molecule has 2 aromatic carbocycles. The summed E-state index contributed by atoms with van der Waals surface area (Å²) in [5.41, 5.74) is 2.03. The van der Waals surface area contributed by atoms with E-state index in [9.17, 15) is 5.11 Å². The molecule has 2 aromatic rings. The van der Waals surface area contributed by atoms with Crippen molar-refractivity contribution in [2.45, 2.75) is 19.5 Å². The Bertz CT molecular complexity index is 513. The largest absolute Gasteiger partial charge is 0.506 e. The van der Waals surface area contributed by atoms with E-state index in [1.165, 1.54) is 5.56 Å². The highest BCUT2D eigenvalue weighted by Crippen LogP contribution is 2.27. The molecule has 0 heterocycles. The molecular formula is C15H16ClNO. The third-order valence-electron chi connectivity index (χ3n) is 2.97. The Hall–Kier alpha value is -1.51. The van der Waals surface area contributed by atoms with E-state index in [0.29, 0.717) is 11.6 Å². The highest BCUT2D eigenvalue weighted by Gasteiger charge is 2.08. The lowest BCUT2D eigenvalue weighted by Gasteiger charge is -2.15. The second kappa shape index (κ2) is 5.89. The van der Waals surface area contributed by atoms with E-state index in [2.05, 4.69) is 24.4 Å². The molecule has 0 saturated heterocycles. The number of benzene rings is 2. The molecule has 0 bridgehead atoms. The lowest BCUT2D eigenvalue weighted by molar-refractivity contribution is 0.460. The zero-order valence-electron chi connectivity index (χ0n) is 10.2. The van der Waals surface area contributed by atoms with Gasteiger partial charge in [0.15, 0.2) is 0 Å². The van der Waals surface area contributed by atoms with Gasteiger partial charge in [-0.05, 0) is 18.6 Å². The smallest absolute Gasteiger partial charge is 0.138 e. The Morgan fingerprint density at radius 1 is 1.11 bits per heavy atom. The Labute approximate surface area is 112 Å². The first kappa shape index (κ1) is 12.9. The molecule has 0 spiro atoms. The van der Waals surface area contributed by atoms with Crippen LogP contribution in [0.15, 0.2) is 48.5 Å². The summed E-state index contributed by atoms with van der Waals surface area (Å²) in [6, 6.07) is 15.8. The predicted octanol–water partition coefficient (Wildman–Crippen LogP) is 3.90. The Morgan fingerprint density at radius 2 is 1.83 bits per heavy atom. The van der Waals surface area contributed by atoms with Crippen LogP contribution in [0.5, 0.6) is 5.75 Å². The first-order valence-electron chi connectivity index (χ1n) is 5.93. The average molecular weight is 262 g/mol. The van der Waals surface area contributed by atoms with Crippen LogP contribution in [0.4, 0.5) is 0 Å². The van der Waals surface area contributed by atoms with Gasteiger partial charge in [0.05, 0.1) is 5.02 Å². The molecule has 2 rings (SSSR count). The topological polar surface area (TPSA) is 32.3 Å². The number of hydrogen-bond donors (Lipinski definition) is 2. The first-order valence-corrected chi connectivity index (χ1v) is 6.31. The molecule has 3 heteroatoms. The number of aromatic hydroxyl groups is 1. The molecule has 0 aliphatic rings. The van der Waals surface area contributed by atoms with Gasteiger partial charge < -0.3 is 10.4 Å². The van der Waals surface area contributed by atoms with Crippen molar-refractivity contribution in [2.24, 2.45) is 0 Å². The number of phenols is 1. The molecule has 0 aliphatic carbocycles. The molecule has 18 heavy (non-hydrogen) atoms.